The van der Waals surface area contributed by atoms with Crippen LogP contribution >= 0.6 is 0 Å². The van der Waals surface area contributed by atoms with E-state index in [0.717, 1.165) is 13.0 Å². The van der Waals surface area contributed by atoms with Crippen molar-refractivity contribution in [2.75, 3.05) is 26.7 Å². The molecule has 3 aromatic rings. The van der Waals surface area contributed by atoms with Crippen LogP contribution in [0.2, 0.25) is 0 Å². The van der Waals surface area contributed by atoms with E-state index in [1.165, 1.54) is 18.2 Å². The molecule has 36 heavy (non-hydrogen) atoms. The van der Waals surface area contributed by atoms with Crippen molar-refractivity contribution in [3.8, 4) is 17.1 Å². The molecule has 3 heterocycles. The highest BCUT2D eigenvalue weighted by Crippen LogP contribution is 2.31. The second-order valence-electron chi connectivity index (χ2n) is 8.58. The molecule has 1 unspecified atom stereocenters. The summed E-state index contributed by atoms with van der Waals surface area (Å²) in [4.78, 5) is 21.8. The average Bonchev–Trinajstić information content (AvgIpc) is 3.56. The summed E-state index contributed by atoms with van der Waals surface area (Å²) in [6, 6.07) is 3.46. The summed E-state index contributed by atoms with van der Waals surface area (Å²) < 4.78 is 92.5. The number of hydrogen-bond donors (Lipinski definition) is 2. The molecule has 1 aromatic carbocycles. The number of ether oxygens (including phenoxy) is 1. The fourth-order valence-electron chi connectivity index (χ4n) is 4.15. The van der Waals surface area contributed by atoms with Crippen LogP contribution in [0.5, 0.6) is 5.75 Å². The van der Waals surface area contributed by atoms with Crippen LogP contribution in [0.1, 0.15) is 61.2 Å². The van der Waals surface area contributed by atoms with E-state index in [2.05, 4.69) is 19.8 Å². The summed E-state index contributed by atoms with van der Waals surface area (Å²) >= 11 is 0. The fourth-order valence-corrected chi connectivity index (χ4v) is 5.11. The lowest BCUT2D eigenvalue weighted by Gasteiger charge is -2.19. The number of benzene rings is 1. The van der Waals surface area contributed by atoms with E-state index >= 15 is 0 Å². The number of aryl methyl sites for hydroxylation is 2. The van der Waals surface area contributed by atoms with Gasteiger partial charge in [-0.2, -0.15) is 5.10 Å². The van der Waals surface area contributed by atoms with Gasteiger partial charge in [0.05, 0.1) is 22.8 Å². The van der Waals surface area contributed by atoms with Crippen LogP contribution in [0.15, 0.2) is 27.9 Å². The second-order valence-corrected chi connectivity index (χ2v) is 10.3. The molecule has 1 atom stereocenters. The van der Waals surface area contributed by atoms with Crippen molar-refractivity contribution in [1.29, 1.82) is 0 Å². The molecule has 196 valence electrons. The minimum absolute atomic E-state index is 0.0542. The SMILES string of the molecule is [2H]C([2H])(CC)c1nn(C([2H])([2H])[2H])c2c(=O)[nH]c(-c3cc(S(=O)(=O)NCC([2H])([2H])C4CCCN4C)ccc3OCCC)nc12. The first-order chi connectivity index (χ1) is 19.9. The molecule has 1 aliphatic heterocycles. The van der Waals surface area contributed by atoms with Crippen LogP contribution < -0.4 is 15.0 Å². The minimum Gasteiger partial charge on any atom is -0.493 e. The molecule has 11 heteroatoms. The topological polar surface area (TPSA) is 122 Å². The van der Waals surface area contributed by atoms with Crippen molar-refractivity contribution in [1.82, 2.24) is 29.4 Å². The second kappa shape index (κ2) is 11.1. The first kappa shape index (κ1) is 18.5. The van der Waals surface area contributed by atoms with Crippen LogP contribution in [0.3, 0.4) is 0 Å². The Morgan fingerprint density at radius 2 is 2.17 bits per heavy atom. The third-order valence-electron chi connectivity index (χ3n) is 5.97. The zero-order valence-electron chi connectivity index (χ0n) is 27.6. The molecule has 2 aromatic heterocycles. The lowest BCUT2D eigenvalue weighted by Crippen LogP contribution is -2.31. The Balaban J connectivity index is 1.83. The van der Waals surface area contributed by atoms with E-state index in [0.29, 0.717) is 17.5 Å². The van der Waals surface area contributed by atoms with Crippen LogP contribution in [0.4, 0.5) is 0 Å². The van der Waals surface area contributed by atoms with Crippen molar-refractivity contribution in [2.45, 2.75) is 63.2 Å². The number of hydrogen-bond acceptors (Lipinski definition) is 7. The van der Waals surface area contributed by atoms with Crippen molar-refractivity contribution < 1.29 is 22.7 Å². The van der Waals surface area contributed by atoms with Crippen LogP contribution in [-0.2, 0) is 23.4 Å². The molecule has 0 radical (unpaired) electrons. The van der Waals surface area contributed by atoms with Gasteiger partial charge in [-0.1, -0.05) is 20.3 Å². The number of fused-ring (bicyclic) bond motifs is 1. The smallest absolute Gasteiger partial charge is 0.277 e. The number of H-pyrrole nitrogens is 1. The summed E-state index contributed by atoms with van der Waals surface area (Å²) in [6.45, 7) is 1.02. The maximum Gasteiger partial charge on any atom is 0.277 e. The van der Waals surface area contributed by atoms with Crippen molar-refractivity contribution >= 4 is 21.1 Å². The van der Waals surface area contributed by atoms with E-state index < -0.39 is 53.4 Å². The maximum atomic E-state index is 13.4. The molecule has 1 aliphatic rings. The zero-order valence-corrected chi connectivity index (χ0v) is 21.4. The van der Waals surface area contributed by atoms with Gasteiger partial charge >= 0.3 is 0 Å². The maximum absolute atomic E-state index is 13.4. The molecular weight excluding hydrogens is 480 g/mol. The molecule has 1 fully saturated rings. The number of aromatic amines is 1. The first-order valence-corrected chi connectivity index (χ1v) is 13.4. The lowest BCUT2D eigenvalue weighted by molar-refractivity contribution is 0.297. The van der Waals surface area contributed by atoms with Crippen molar-refractivity contribution in [3.05, 3.63) is 34.2 Å². The number of aromatic nitrogens is 4. The molecule has 0 spiro atoms. The predicted molar refractivity (Wildman–Crippen MR) is 140 cm³/mol. The first-order valence-electron chi connectivity index (χ1n) is 15.4. The van der Waals surface area contributed by atoms with E-state index in [1.807, 2.05) is 11.8 Å². The predicted octanol–water partition coefficient (Wildman–Crippen LogP) is 2.83. The molecule has 0 saturated carbocycles. The summed E-state index contributed by atoms with van der Waals surface area (Å²) in [5, 5.41) is 3.93. The quantitative estimate of drug-likeness (QED) is 0.396. The summed E-state index contributed by atoms with van der Waals surface area (Å²) in [5.41, 5.74) is -1.92. The molecule has 4 rings (SSSR count). The minimum atomic E-state index is -4.25. The normalized spacial score (nSPS) is 20.8. The molecule has 10 nitrogen and oxygen atoms in total. The van der Waals surface area contributed by atoms with Gasteiger partial charge in [0, 0.05) is 29.2 Å². The van der Waals surface area contributed by atoms with Gasteiger partial charge in [-0.05, 0) is 63.8 Å². The van der Waals surface area contributed by atoms with Gasteiger partial charge in [-0.3, -0.25) is 9.48 Å². The van der Waals surface area contributed by atoms with Gasteiger partial charge < -0.3 is 14.6 Å². The Kier molecular flexibility index (Phi) is 5.70. The largest absolute Gasteiger partial charge is 0.493 e. The summed E-state index contributed by atoms with van der Waals surface area (Å²) in [5.74, 6) is -0.00344. The highest BCUT2D eigenvalue weighted by Gasteiger charge is 2.23. The number of nitrogens with zero attached hydrogens (tertiary/aromatic N) is 4. The highest BCUT2D eigenvalue weighted by atomic mass is 32.2. The third kappa shape index (κ3) is 5.47. The van der Waals surface area contributed by atoms with Crippen LogP contribution in [-0.4, -0.2) is 65.9 Å². The Bertz CT molecular complexity index is 1660. The van der Waals surface area contributed by atoms with E-state index in [9.17, 15) is 13.2 Å². The third-order valence-corrected chi connectivity index (χ3v) is 7.37. The average molecular weight is 524 g/mol. The van der Waals surface area contributed by atoms with E-state index in [1.54, 1.807) is 14.0 Å². The number of nitrogens with one attached hydrogen (secondary N) is 2. The molecule has 1 saturated heterocycles. The molecule has 0 amide bonds. The van der Waals surface area contributed by atoms with E-state index in [-0.39, 0.29) is 46.3 Å². The molecule has 0 bridgehead atoms. The van der Waals surface area contributed by atoms with Crippen molar-refractivity contribution in [3.63, 3.8) is 0 Å². The van der Waals surface area contributed by atoms with Crippen LogP contribution in [0.25, 0.3) is 22.4 Å². The van der Waals surface area contributed by atoms with Gasteiger partial charge in [0.25, 0.3) is 5.56 Å². The lowest BCUT2D eigenvalue weighted by atomic mass is 10.1. The summed E-state index contributed by atoms with van der Waals surface area (Å²) in [7, 11) is -2.45. The van der Waals surface area contributed by atoms with Crippen molar-refractivity contribution in [2.24, 2.45) is 6.98 Å². The monoisotopic (exact) mass is 523 g/mol. The van der Waals surface area contributed by atoms with E-state index in [4.69, 9.17) is 14.3 Å². The number of rotatable bonds is 11. The Morgan fingerprint density at radius 3 is 2.86 bits per heavy atom. The van der Waals surface area contributed by atoms with Crippen LogP contribution in [0, 0.1) is 0 Å². The van der Waals surface area contributed by atoms with Gasteiger partial charge in [-0.25, -0.2) is 18.1 Å². The Morgan fingerprint density at radius 1 is 1.33 bits per heavy atom. The van der Waals surface area contributed by atoms with Gasteiger partial charge in [-0.15, -0.1) is 0 Å². The fraction of sp³-hybridized carbons (Fsp3) is 0.560. The number of sulfonamides is 1. The molecule has 0 aliphatic carbocycles. The molecular formula is C25H36N6O4S. The Labute approximate surface area is 222 Å². The highest BCUT2D eigenvalue weighted by molar-refractivity contribution is 7.89. The summed E-state index contributed by atoms with van der Waals surface area (Å²) in [6.07, 6.45) is -2.01. The van der Waals surface area contributed by atoms with Gasteiger partial charge in [0.2, 0.25) is 10.0 Å². The Hall–Kier alpha value is -2.76. The standard InChI is InChI=1S/C25H36N6O4S/c1-5-8-20-22-23(31(4)29-20)25(32)28-24(27-22)19-16-18(10-11-21(19)35-15-6-2)36(33,34)26-13-12-17-9-7-14-30(17)3/h10-11,16-17,26H,5-9,12-15H2,1-4H3,(H,27,28,32)/i4D3,8D2,12D2. The number of likely N-dealkylation sites (tertiary alicyclic amines) is 1. The van der Waals surface area contributed by atoms with Gasteiger partial charge in [0.1, 0.15) is 17.1 Å². The zero-order chi connectivity index (χ0) is 32.0. The molecule has 2 N–H and O–H groups in total. The van der Waals surface area contributed by atoms with Gasteiger partial charge in [0.15, 0.2) is 5.52 Å².